The van der Waals surface area contributed by atoms with E-state index in [-0.39, 0.29) is 11.8 Å². The molecule has 3 atom stereocenters. The van der Waals surface area contributed by atoms with Crippen LogP contribution in [0.4, 0.5) is 5.13 Å². The monoisotopic (exact) mass is 295 g/mol. The molecule has 1 aliphatic heterocycles. The molecule has 0 spiro atoms. The molecule has 3 N–H and O–H groups in total. The second kappa shape index (κ2) is 5.00. The van der Waals surface area contributed by atoms with E-state index in [0.717, 1.165) is 32.2 Å². The number of nitrogen functional groups attached to an aromatic ring is 1. The third kappa shape index (κ3) is 2.20. The van der Waals surface area contributed by atoms with Gasteiger partial charge in [-0.3, -0.25) is 4.79 Å². The van der Waals surface area contributed by atoms with E-state index in [0.29, 0.717) is 23.3 Å². The van der Waals surface area contributed by atoms with Crippen molar-refractivity contribution in [2.45, 2.75) is 38.2 Å². The van der Waals surface area contributed by atoms with Crippen molar-refractivity contribution in [1.29, 1.82) is 0 Å². The topological polar surface area (TPSA) is 79.5 Å². The summed E-state index contributed by atoms with van der Waals surface area (Å²) in [5.74, 6) is 0.584. The molecule has 2 aliphatic rings. The van der Waals surface area contributed by atoms with Crippen LogP contribution in [0, 0.1) is 11.8 Å². The zero-order chi connectivity index (χ0) is 14.3. The van der Waals surface area contributed by atoms with Crippen molar-refractivity contribution in [1.82, 2.24) is 9.88 Å². The van der Waals surface area contributed by atoms with Crippen LogP contribution >= 0.6 is 11.3 Å². The molecule has 1 saturated carbocycles. The lowest BCUT2D eigenvalue weighted by Crippen LogP contribution is -2.44. The highest BCUT2D eigenvalue weighted by atomic mass is 32.1. The number of likely N-dealkylation sites (tertiary alicyclic amines) is 1. The Morgan fingerprint density at radius 2 is 2.45 bits per heavy atom. The molecule has 6 heteroatoms. The molecule has 0 radical (unpaired) electrons. The van der Waals surface area contributed by atoms with Gasteiger partial charge in [-0.15, -0.1) is 11.3 Å². The zero-order valence-corrected chi connectivity index (χ0v) is 12.5. The molecule has 1 aromatic rings. The summed E-state index contributed by atoms with van der Waals surface area (Å²) in [6, 6.07) is 0. The molecule has 1 saturated heterocycles. The first-order valence-electron chi connectivity index (χ1n) is 7.26. The minimum atomic E-state index is -0.598. The number of nitrogens with two attached hydrogens (primary N) is 1. The molecule has 20 heavy (non-hydrogen) atoms. The molecule has 1 aliphatic carbocycles. The van der Waals surface area contributed by atoms with Crippen LogP contribution in [0.15, 0.2) is 5.38 Å². The number of thiazole rings is 1. The molecule has 2 heterocycles. The van der Waals surface area contributed by atoms with Crippen LogP contribution in [-0.2, 0) is 0 Å². The Hall–Kier alpha value is -1.14. The number of amides is 1. The van der Waals surface area contributed by atoms with Crippen molar-refractivity contribution in [3.8, 4) is 0 Å². The third-order valence-corrected chi connectivity index (χ3v) is 5.63. The van der Waals surface area contributed by atoms with Gasteiger partial charge >= 0.3 is 0 Å². The van der Waals surface area contributed by atoms with Crippen LogP contribution in [0.5, 0.6) is 0 Å². The second-order valence-electron chi connectivity index (χ2n) is 6.00. The number of anilines is 1. The SMILES string of the molecule is CC[C@]1(O)CCC[C@H]2CN(C(=O)c3csc(N)n3)C[C@H]21. The Kier molecular flexibility index (Phi) is 3.46. The molecule has 0 aromatic carbocycles. The molecule has 0 bridgehead atoms. The minimum absolute atomic E-state index is 0.0502. The van der Waals surface area contributed by atoms with Gasteiger partial charge in [-0.2, -0.15) is 0 Å². The van der Waals surface area contributed by atoms with Crippen LogP contribution in [0.1, 0.15) is 43.1 Å². The van der Waals surface area contributed by atoms with Gasteiger partial charge in [-0.25, -0.2) is 4.98 Å². The van der Waals surface area contributed by atoms with Crippen molar-refractivity contribution in [2.75, 3.05) is 18.8 Å². The fourth-order valence-electron chi connectivity index (χ4n) is 3.78. The first-order valence-corrected chi connectivity index (χ1v) is 8.14. The number of carbonyl (C=O) groups excluding carboxylic acids is 1. The zero-order valence-electron chi connectivity index (χ0n) is 11.7. The molecule has 2 fully saturated rings. The van der Waals surface area contributed by atoms with Crippen molar-refractivity contribution >= 4 is 22.4 Å². The van der Waals surface area contributed by atoms with E-state index in [2.05, 4.69) is 4.98 Å². The Morgan fingerprint density at radius 3 is 3.10 bits per heavy atom. The van der Waals surface area contributed by atoms with E-state index < -0.39 is 5.60 Å². The number of hydrogen-bond acceptors (Lipinski definition) is 5. The van der Waals surface area contributed by atoms with Crippen molar-refractivity contribution < 1.29 is 9.90 Å². The van der Waals surface area contributed by atoms with E-state index in [9.17, 15) is 9.90 Å². The van der Waals surface area contributed by atoms with E-state index in [1.807, 2.05) is 11.8 Å². The van der Waals surface area contributed by atoms with E-state index in [4.69, 9.17) is 5.73 Å². The average Bonchev–Trinajstić information content (AvgIpc) is 3.05. The molecule has 3 rings (SSSR count). The quantitative estimate of drug-likeness (QED) is 0.871. The molecule has 5 nitrogen and oxygen atoms in total. The van der Waals surface area contributed by atoms with Crippen LogP contribution in [-0.4, -0.2) is 39.6 Å². The Bertz CT molecular complexity index is 518. The predicted octanol–water partition coefficient (Wildman–Crippen LogP) is 1.74. The summed E-state index contributed by atoms with van der Waals surface area (Å²) in [7, 11) is 0. The van der Waals surface area contributed by atoms with Gasteiger partial charge in [0.2, 0.25) is 0 Å². The summed E-state index contributed by atoms with van der Waals surface area (Å²) in [4.78, 5) is 18.4. The standard InChI is InChI=1S/C14H21N3O2S/c1-2-14(19)5-3-4-9-6-17(7-10(9)14)12(18)11-8-20-13(15)16-11/h8-10,19H,2-7H2,1H3,(H2,15,16)/t9-,10+,14-/m0/s1. The molecular formula is C14H21N3O2S. The smallest absolute Gasteiger partial charge is 0.273 e. The number of rotatable bonds is 2. The highest BCUT2D eigenvalue weighted by Gasteiger charge is 2.48. The van der Waals surface area contributed by atoms with Gasteiger partial charge < -0.3 is 15.7 Å². The summed E-state index contributed by atoms with van der Waals surface area (Å²) in [6.07, 6.45) is 3.78. The summed E-state index contributed by atoms with van der Waals surface area (Å²) in [6.45, 7) is 3.42. The number of carbonyl (C=O) groups is 1. The van der Waals surface area contributed by atoms with Gasteiger partial charge in [0.15, 0.2) is 5.13 Å². The first kappa shape index (κ1) is 13.8. The molecule has 1 amide bonds. The van der Waals surface area contributed by atoms with Gasteiger partial charge in [-0.1, -0.05) is 13.3 Å². The molecule has 0 unspecified atom stereocenters. The molecule has 110 valence electrons. The maximum absolute atomic E-state index is 12.4. The van der Waals surface area contributed by atoms with Gasteiger partial charge in [0, 0.05) is 24.4 Å². The largest absolute Gasteiger partial charge is 0.390 e. The fourth-order valence-corrected chi connectivity index (χ4v) is 4.32. The molecule has 1 aromatic heterocycles. The fraction of sp³-hybridized carbons (Fsp3) is 0.714. The normalized spacial score (nSPS) is 33.2. The van der Waals surface area contributed by atoms with Crippen molar-refractivity contribution in [3.63, 3.8) is 0 Å². The first-order chi connectivity index (χ1) is 9.53. The number of hydrogen-bond donors (Lipinski definition) is 2. The van der Waals surface area contributed by atoms with Gasteiger partial charge in [-0.05, 0) is 25.2 Å². The maximum atomic E-state index is 12.4. The Labute approximate surface area is 122 Å². The highest BCUT2D eigenvalue weighted by molar-refractivity contribution is 7.13. The second-order valence-corrected chi connectivity index (χ2v) is 6.89. The lowest BCUT2D eigenvalue weighted by atomic mass is 9.69. The maximum Gasteiger partial charge on any atom is 0.273 e. The van der Waals surface area contributed by atoms with Crippen molar-refractivity contribution in [2.24, 2.45) is 11.8 Å². The lowest BCUT2D eigenvalue weighted by molar-refractivity contribution is -0.0609. The van der Waals surface area contributed by atoms with E-state index in [1.54, 1.807) is 5.38 Å². The van der Waals surface area contributed by atoms with Crippen molar-refractivity contribution in [3.05, 3.63) is 11.1 Å². The van der Waals surface area contributed by atoms with Gasteiger partial charge in [0.05, 0.1) is 5.60 Å². The summed E-state index contributed by atoms with van der Waals surface area (Å²) < 4.78 is 0. The van der Waals surface area contributed by atoms with Crippen LogP contribution in [0.2, 0.25) is 0 Å². The average molecular weight is 295 g/mol. The number of aromatic nitrogens is 1. The summed E-state index contributed by atoms with van der Waals surface area (Å²) >= 11 is 1.29. The lowest BCUT2D eigenvalue weighted by Gasteiger charge is -2.40. The number of fused-ring (bicyclic) bond motifs is 1. The summed E-state index contributed by atoms with van der Waals surface area (Å²) in [5, 5.41) is 12.9. The Balaban J connectivity index is 1.77. The summed E-state index contributed by atoms with van der Waals surface area (Å²) in [5.41, 5.74) is 5.43. The number of aliphatic hydroxyl groups is 1. The van der Waals surface area contributed by atoms with Gasteiger partial charge in [0.1, 0.15) is 5.69 Å². The Morgan fingerprint density at radius 1 is 1.65 bits per heavy atom. The third-order valence-electron chi connectivity index (χ3n) is 4.96. The number of nitrogens with zero attached hydrogens (tertiary/aromatic N) is 2. The van der Waals surface area contributed by atoms with E-state index in [1.165, 1.54) is 11.3 Å². The van der Waals surface area contributed by atoms with Crippen LogP contribution < -0.4 is 5.73 Å². The van der Waals surface area contributed by atoms with E-state index >= 15 is 0 Å². The molecular weight excluding hydrogens is 274 g/mol. The van der Waals surface area contributed by atoms with Crippen LogP contribution in [0.3, 0.4) is 0 Å². The van der Waals surface area contributed by atoms with Crippen LogP contribution in [0.25, 0.3) is 0 Å². The van der Waals surface area contributed by atoms with Gasteiger partial charge in [0.25, 0.3) is 5.91 Å². The minimum Gasteiger partial charge on any atom is -0.390 e. The highest BCUT2D eigenvalue weighted by Crippen LogP contribution is 2.44. The predicted molar refractivity (Wildman–Crippen MR) is 78.5 cm³/mol.